The van der Waals surface area contributed by atoms with Gasteiger partial charge in [0.15, 0.2) is 0 Å². The second kappa shape index (κ2) is 10.6. The summed E-state index contributed by atoms with van der Waals surface area (Å²) in [6.07, 6.45) is 0. The molecular weight excluding hydrogens is 391 g/mol. The third kappa shape index (κ3) is 6.18. The van der Waals surface area contributed by atoms with Crippen molar-refractivity contribution in [2.24, 2.45) is 0 Å². The summed E-state index contributed by atoms with van der Waals surface area (Å²) in [5, 5.41) is 2.57. The minimum atomic E-state index is -0.474. The number of halogens is 1. The van der Waals surface area contributed by atoms with Crippen LogP contribution in [0.3, 0.4) is 0 Å². The monoisotopic (exact) mass is 416 g/mol. The van der Waals surface area contributed by atoms with Crippen molar-refractivity contribution in [2.75, 3.05) is 26.3 Å². The average Bonchev–Trinajstić information content (AvgIpc) is 2.96. The zero-order valence-corrected chi connectivity index (χ0v) is 16.9. The maximum absolute atomic E-state index is 13.0. The molecule has 0 saturated carbocycles. The molecule has 8 heteroatoms. The molecule has 7 nitrogen and oxygen atoms in total. The summed E-state index contributed by atoms with van der Waals surface area (Å²) in [7, 11) is 0. The summed E-state index contributed by atoms with van der Waals surface area (Å²) >= 11 is 0. The van der Waals surface area contributed by atoms with E-state index in [9.17, 15) is 14.0 Å². The van der Waals surface area contributed by atoms with Gasteiger partial charge in [-0.15, -0.1) is 0 Å². The maximum Gasteiger partial charge on any atom is 0.325 e. The highest BCUT2D eigenvalue weighted by molar-refractivity contribution is 5.81. The summed E-state index contributed by atoms with van der Waals surface area (Å²) < 4.78 is 29.3. The van der Waals surface area contributed by atoms with E-state index in [0.29, 0.717) is 32.9 Å². The highest BCUT2D eigenvalue weighted by Gasteiger charge is 2.20. The van der Waals surface area contributed by atoms with Gasteiger partial charge in [0.05, 0.1) is 32.9 Å². The number of benzene rings is 2. The summed E-state index contributed by atoms with van der Waals surface area (Å²) in [6.45, 7) is 3.68. The molecule has 0 atom stereocenters. The van der Waals surface area contributed by atoms with Crippen LogP contribution in [-0.2, 0) is 34.0 Å². The van der Waals surface area contributed by atoms with Crippen LogP contribution in [0.15, 0.2) is 42.5 Å². The standard InChI is InChI=1S/C22H25FN2O5/c1-2-29-21(26)12-24-22(27)25-9-10-30-20-8-5-17(11-18(20)13-25)15-28-14-16-3-6-19(23)7-4-16/h3-8,11H,2,9-10,12-15H2,1H3,(H,24,27). The number of carbonyl (C=O) groups is 2. The number of esters is 1. The van der Waals surface area contributed by atoms with Gasteiger partial charge in [-0.25, -0.2) is 9.18 Å². The van der Waals surface area contributed by atoms with Gasteiger partial charge in [-0.2, -0.15) is 0 Å². The van der Waals surface area contributed by atoms with E-state index in [1.54, 1.807) is 24.0 Å². The smallest absolute Gasteiger partial charge is 0.325 e. The normalized spacial score (nSPS) is 13.1. The Morgan fingerprint density at radius 3 is 2.63 bits per heavy atom. The van der Waals surface area contributed by atoms with Crippen LogP contribution in [0.25, 0.3) is 0 Å². The van der Waals surface area contributed by atoms with Crippen molar-refractivity contribution >= 4 is 12.0 Å². The molecule has 1 aliphatic heterocycles. The van der Waals surface area contributed by atoms with Gasteiger partial charge in [0.1, 0.15) is 24.7 Å². The second-order valence-corrected chi connectivity index (χ2v) is 6.80. The summed E-state index contributed by atoms with van der Waals surface area (Å²) in [4.78, 5) is 25.4. The highest BCUT2D eigenvalue weighted by Crippen LogP contribution is 2.25. The molecule has 0 radical (unpaired) electrons. The molecule has 1 heterocycles. The van der Waals surface area contributed by atoms with Gasteiger partial charge in [0, 0.05) is 5.56 Å². The lowest BCUT2D eigenvalue weighted by atomic mass is 10.1. The molecule has 0 spiro atoms. The molecule has 2 aromatic carbocycles. The van der Waals surface area contributed by atoms with Gasteiger partial charge in [-0.1, -0.05) is 18.2 Å². The van der Waals surface area contributed by atoms with Gasteiger partial charge in [-0.3, -0.25) is 4.79 Å². The topological polar surface area (TPSA) is 77.1 Å². The Morgan fingerprint density at radius 2 is 1.87 bits per heavy atom. The number of carbonyl (C=O) groups excluding carboxylic acids is 2. The number of urea groups is 1. The number of hydrogen-bond donors (Lipinski definition) is 1. The van der Waals surface area contributed by atoms with Crippen molar-refractivity contribution in [3.05, 3.63) is 65.0 Å². The van der Waals surface area contributed by atoms with E-state index in [4.69, 9.17) is 14.2 Å². The quantitative estimate of drug-likeness (QED) is 0.702. The van der Waals surface area contributed by atoms with Crippen LogP contribution in [-0.4, -0.2) is 43.2 Å². The van der Waals surface area contributed by atoms with Crippen LogP contribution >= 0.6 is 0 Å². The first-order chi connectivity index (χ1) is 14.5. The van der Waals surface area contributed by atoms with Crippen molar-refractivity contribution in [3.8, 4) is 5.75 Å². The third-order valence-electron chi connectivity index (χ3n) is 4.53. The molecular formula is C22H25FN2O5. The lowest BCUT2D eigenvalue weighted by molar-refractivity contribution is -0.141. The van der Waals surface area contributed by atoms with Crippen LogP contribution in [0, 0.1) is 5.82 Å². The molecule has 0 aromatic heterocycles. The number of nitrogens with zero attached hydrogens (tertiary/aromatic N) is 1. The number of rotatable bonds is 7. The SMILES string of the molecule is CCOC(=O)CNC(=O)N1CCOc2ccc(COCc3ccc(F)cc3)cc2C1. The van der Waals surface area contributed by atoms with Gasteiger partial charge < -0.3 is 24.4 Å². The fraction of sp³-hybridized carbons (Fsp3) is 0.364. The number of fused-ring (bicyclic) bond motifs is 1. The van der Waals surface area contributed by atoms with Gasteiger partial charge in [0.2, 0.25) is 0 Å². The van der Waals surface area contributed by atoms with E-state index < -0.39 is 5.97 Å². The predicted molar refractivity (Wildman–Crippen MR) is 107 cm³/mol. The van der Waals surface area contributed by atoms with Crippen molar-refractivity contribution in [3.63, 3.8) is 0 Å². The number of amides is 2. The lowest BCUT2D eigenvalue weighted by Gasteiger charge is -2.20. The summed E-state index contributed by atoms with van der Waals surface area (Å²) in [5.41, 5.74) is 2.69. The van der Waals surface area contributed by atoms with E-state index in [-0.39, 0.29) is 25.0 Å². The lowest BCUT2D eigenvalue weighted by Crippen LogP contribution is -2.42. The van der Waals surface area contributed by atoms with Gasteiger partial charge in [-0.05, 0) is 42.3 Å². The Labute approximate surface area is 174 Å². The van der Waals surface area contributed by atoms with Crippen LogP contribution in [0.2, 0.25) is 0 Å². The number of nitrogens with one attached hydrogen (secondary N) is 1. The fourth-order valence-corrected chi connectivity index (χ4v) is 3.05. The van der Waals surface area contributed by atoms with Crippen molar-refractivity contribution < 1.29 is 28.2 Å². The van der Waals surface area contributed by atoms with Crippen LogP contribution in [0.1, 0.15) is 23.6 Å². The Balaban J connectivity index is 1.56. The van der Waals surface area contributed by atoms with Crippen molar-refractivity contribution in [2.45, 2.75) is 26.7 Å². The van der Waals surface area contributed by atoms with Crippen LogP contribution < -0.4 is 10.1 Å². The van der Waals surface area contributed by atoms with Crippen LogP contribution in [0.5, 0.6) is 5.75 Å². The molecule has 1 aliphatic rings. The predicted octanol–water partition coefficient (Wildman–Crippen LogP) is 3.01. The molecule has 1 N–H and O–H groups in total. The number of hydrogen-bond acceptors (Lipinski definition) is 5. The van der Waals surface area contributed by atoms with Crippen molar-refractivity contribution in [1.29, 1.82) is 0 Å². The summed E-state index contributed by atoms with van der Waals surface area (Å²) in [6, 6.07) is 11.6. The van der Waals surface area contributed by atoms with Gasteiger partial charge in [0.25, 0.3) is 0 Å². The first kappa shape index (κ1) is 21.6. The molecule has 2 amide bonds. The second-order valence-electron chi connectivity index (χ2n) is 6.80. The van der Waals surface area contributed by atoms with Gasteiger partial charge >= 0.3 is 12.0 Å². The Morgan fingerprint density at radius 1 is 1.13 bits per heavy atom. The minimum Gasteiger partial charge on any atom is -0.491 e. The molecule has 0 aliphatic carbocycles. The molecule has 0 unspecified atom stereocenters. The average molecular weight is 416 g/mol. The third-order valence-corrected chi connectivity index (χ3v) is 4.53. The van der Waals surface area contributed by atoms with E-state index in [2.05, 4.69) is 5.32 Å². The summed E-state index contributed by atoms with van der Waals surface area (Å²) in [5.74, 6) is -0.0313. The minimum absolute atomic E-state index is 0.172. The zero-order valence-electron chi connectivity index (χ0n) is 16.9. The fourth-order valence-electron chi connectivity index (χ4n) is 3.05. The van der Waals surface area contributed by atoms with Crippen LogP contribution in [0.4, 0.5) is 9.18 Å². The Bertz CT molecular complexity index is 872. The maximum atomic E-state index is 13.0. The van der Waals surface area contributed by atoms with Crippen molar-refractivity contribution in [1.82, 2.24) is 10.2 Å². The first-order valence-electron chi connectivity index (χ1n) is 9.80. The molecule has 30 heavy (non-hydrogen) atoms. The molecule has 2 aromatic rings. The van der Waals surface area contributed by atoms with E-state index in [0.717, 1.165) is 22.4 Å². The number of ether oxygens (including phenoxy) is 3. The van der Waals surface area contributed by atoms with E-state index >= 15 is 0 Å². The Kier molecular flexibility index (Phi) is 7.62. The molecule has 0 saturated heterocycles. The largest absolute Gasteiger partial charge is 0.491 e. The molecule has 160 valence electrons. The van der Waals surface area contributed by atoms with E-state index in [1.807, 2.05) is 18.2 Å². The zero-order chi connectivity index (χ0) is 21.3. The molecule has 0 fully saturated rings. The van der Waals surface area contributed by atoms with E-state index in [1.165, 1.54) is 12.1 Å². The molecule has 3 rings (SSSR count). The highest BCUT2D eigenvalue weighted by atomic mass is 19.1. The first-order valence-corrected chi connectivity index (χ1v) is 9.80. The molecule has 0 bridgehead atoms. The Hall–Kier alpha value is -3.13.